The fraction of sp³-hybridized carbons (Fsp3) is 0.533. The minimum absolute atomic E-state index is 0.0910. The largest absolute Gasteiger partial charge is 0.493 e. The highest BCUT2D eigenvalue weighted by Crippen LogP contribution is 2.41. The average Bonchev–Trinajstić information content (AvgIpc) is 3.28. The topological polar surface area (TPSA) is 69.9 Å². The zero-order chi connectivity index (χ0) is 24.8. The molecule has 2 aromatic rings. The molecule has 0 spiro atoms. The van der Waals surface area contributed by atoms with Crippen LogP contribution in [0, 0.1) is 19.8 Å². The molecule has 0 saturated heterocycles. The van der Waals surface area contributed by atoms with Gasteiger partial charge in [-0.2, -0.15) is 0 Å². The van der Waals surface area contributed by atoms with Crippen LogP contribution in [-0.4, -0.2) is 40.7 Å². The van der Waals surface area contributed by atoms with Crippen molar-refractivity contribution in [2.45, 2.75) is 77.2 Å². The Morgan fingerprint density at radius 3 is 2.06 bits per heavy atom. The Balaban J connectivity index is 1.87. The van der Waals surface area contributed by atoms with E-state index < -0.39 is 5.60 Å². The summed E-state index contributed by atoms with van der Waals surface area (Å²) in [6, 6.07) is 13.1. The summed E-state index contributed by atoms with van der Waals surface area (Å²) in [5.41, 5.74) is 5.27. The molecule has 0 unspecified atom stereocenters. The summed E-state index contributed by atoms with van der Waals surface area (Å²) < 4.78 is 5.89. The van der Waals surface area contributed by atoms with Crippen molar-refractivity contribution >= 4 is 6.08 Å². The molecule has 0 amide bonds. The number of hydrogen-bond donors (Lipinski definition) is 3. The first-order valence-corrected chi connectivity index (χ1v) is 12.8. The third-order valence-corrected chi connectivity index (χ3v) is 7.79. The first kappa shape index (κ1) is 26.5. The van der Waals surface area contributed by atoms with E-state index in [0.717, 1.165) is 55.4 Å². The van der Waals surface area contributed by atoms with Crippen molar-refractivity contribution in [3.8, 4) is 5.75 Å². The van der Waals surface area contributed by atoms with Crippen molar-refractivity contribution in [1.82, 2.24) is 0 Å². The van der Waals surface area contributed by atoms with Gasteiger partial charge in [-0.25, -0.2) is 0 Å². The third kappa shape index (κ3) is 5.73. The number of aryl methyl sites for hydroxylation is 2. The van der Waals surface area contributed by atoms with Crippen LogP contribution in [0.3, 0.4) is 0 Å². The molecule has 1 saturated carbocycles. The normalized spacial score (nSPS) is 16.0. The Kier molecular flexibility index (Phi) is 8.97. The zero-order valence-corrected chi connectivity index (χ0v) is 21.3. The zero-order valence-electron chi connectivity index (χ0n) is 21.3. The first-order valence-electron chi connectivity index (χ1n) is 12.8. The van der Waals surface area contributed by atoms with Crippen LogP contribution in [-0.2, 0) is 5.41 Å². The minimum Gasteiger partial charge on any atom is -0.493 e. The quantitative estimate of drug-likeness (QED) is 0.397. The van der Waals surface area contributed by atoms with Gasteiger partial charge in [0.1, 0.15) is 5.75 Å². The molecular formula is C30H42O4. The van der Waals surface area contributed by atoms with Gasteiger partial charge in [0.15, 0.2) is 0 Å². The standard InChI is InChI=1S/C30H42O4/c1-5-30(6-2,27-11-12-28(23(4)18-27)34-21-24(19-31)20-32)26-10-9-25(22(3)17-26)13-16-29(33)14-7-8-15-29/h9-13,16-18,24,31-33H,5-8,14-15,19-21H2,1-4H3/b16-13+. The molecule has 0 aromatic heterocycles. The van der Waals surface area contributed by atoms with Crippen LogP contribution in [0.4, 0.5) is 0 Å². The Morgan fingerprint density at radius 2 is 1.53 bits per heavy atom. The predicted octanol–water partition coefficient (Wildman–Crippen LogP) is 5.71. The van der Waals surface area contributed by atoms with Gasteiger partial charge >= 0.3 is 0 Å². The molecular weight excluding hydrogens is 424 g/mol. The van der Waals surface area contributed by atoms with Gasteiger partial charge in [0, 0.05) is 11.3 Å². The van der Waals surface area contributed by atoms with Crippen molar-refractivity contribution in [3.63, 3.8) is 0 Å². The summed E-state index contributed by atoms with van der Waals surface area (Å²) in [5.74, 6) is 0.521. The summed E-state index contributed by atoms with van der Waals surface area (Å²) >= 11 is 0. The number of ether oxygens (including phenoxy) is 1. The van der Waals surface area contributed by atoms with E-state index in [0.29, 0.717) is 6.61 Å². The second-order valence-corrected chi connectivity index (χ2v) is 10.0. The van der Waals surface area contributed by atoms with Gasteiger partial charge in [-0.1, -0.05) is 69.2 Å². The molecule has 0 aliphatic heterocycles. The molecule has 4 nitrogen and oxygen atoms in total. The molecule has 2 aromatic carbocycles. The second-order valence-electron chi connectivity index (χ2n) is 10.0. The van der Waals surface area contributed by atoms with E-state index in [-0.39, 0.29) is 24.5 Å². The van der Waals surface area contributed by atoms with Gasteiger partial charge in [-0.05, 0) is 73.4 Å². The molecule has 3 N–H and O–H groups in total. The van der Waals surface area contributed by atoms with Crippen molar-refractivity contribution in [2.75, 3.05) is 19.8 Å². The Hall–Kier alpha value is -2.14. The third-order valence-electron chi connectivity index (χ3n) is 7.79. The molecule has 3 rings (SSSR count). The number of rotatable bonds is 11. The van der Waals surface area contributed by atoms with Gasteiger partial charge in [0.2, 0.25) is 0 Å². The lowest BCUT2D eigenvalue weighted by Crippen LogP contribution is -2.26. The van der Waals surface area contributed by atoms with Crippen LogP contribution >= 0.6 is 0 Å². The maximum Gasteiger partial charge on any atom is 0.122 e. The summed E-state index contributed by atoms with van der Waals surface area (Å²) in [4.78, 5) is 0. The van der Waals surface area contributed by atoms with E-state index in [2.05, 4.69) is 64.1 Å². The molecule has 0 heterocycles. The fourth-order valence-corrected chi connectivity index (χ4v) is 5.27. The van der Waals surface area contributed by atoms with Crippen LogP contribution in [0.1, 0.15) is 80.2 Å². The van der Waals surface area contributed by atoms with Gasteiger partial charge < -0.3 is 20.1 Å². The average molecular weight is 467 g/mol. The maximum atomic E-state index is 10.7. The van der Waals surface area contributed by atoms with Crippen LogP contribution in [0.15, 0.2) is 42.5 Å². The van der Waals surface area contributed by atoms with Crippen molar-refractivity contribution in [3.05, 3.63) is 70.3 Å². The lowest BCUT2D eigenvalue weighted by Gasteiger charge is -2.34. The van der Waals surface area contributed by atoms with Gasteiger partial charge in [-0.15, -0.1) is 0 Å². The number of hydrogen-bond acceptors (Lipinski definition) is 4. The molecule has 4 heteroatoms. The molecule has 0 bridgehead atoms. The SMILES string of the molecule is CCC(CC)(c1ccc(/C=C/C2(O)CCCC2)c(C)c1)c1ccc(OCC(CO)CO)c(C)c1. The molecule has 34 heavy (non-hydrogen) atoms. The van der Waals surface area contributed by atoms with E-state index >= 15 is 0 Å². The van der Waals surface area contributed by atoms with Crippen molar-refractivity contribution < 1.29 is 20.1 Å². The van der Waals surface area contributed by atoms with Crippen molar-refractivity contribution in [2.24, 2.45) is 5.92 Å². The lowest BCUT2D eigenvalue weighted by atomic mass is 9.70. The molecule has 186 valence electrons. The van der Waals surface area contributed by atoms with Gasteiger partial charge in [0.05, 0.1) is 25.4 Å². The van der Waals surface area contributed by atoms with Crippen LogP contribution in [0.2, 0.25) is 0 Å². The van der Waals surface area contributed by atoms with E-state index in [9.17, 15) is 15.3 Å². The molecule has 1 fully saturated rings. The predicted molar refractivity (Wildman–Crippen MR) is 139 cm³/mol. The van der Waals surface area contributed by atoms with Crippen molar-refractivity contribution in [1.29, 1.82) is 0 Å². The van der Waals surface area contributed by atoms with Gasteiger partial charge in [-0.3, -0.25) is 0 Å². The lowest BCUT2D eigenvalue weighted by molar-refractivity contribution is 0.100. The minimum atomic E-state index is -0.641. The van der Waals surface area contributed by atoms with Gasteiger partial charge in [0.25, 0.3) is 0 Å². The van der Waals surface area contributed by atoms with E-state index in [1.807, 2.05) is 12.1 Å². The molecule has 1 aliphatic carbocycles. The monoisotopic (exact) mass is 466 g/mol. The summed E-state index contributed by atoms with van der Waals surface area (Å²) in [6.45, 7) is 8.80. The Labute approximate surface area is 205 Å². The first-order chi connectivity index (χ1) is 16.3. The smallest absolute Gasteiger partial charge is 0.122 e. The maximum absolute atomic E-state index is 10.7. The highest BCUT2D eigenvalue weighted by molar-refractivity contribution is 5.57. The van der Waals surface area contributed by atoms with E-state index in [1.165, 1.54) is 16.7 Å². The molecule has 0 radical (unpaired) electrons. The van der Waals surface area contributed by atoms with E-state index in [1.54, 1.807) is 0 Å². The number of benzene rings is 2. The second kappa shape index (κ2) is 11.5. The fourth-order valence-electron chi connectivity index (χ4n) is 5.27. The van der Waals surface area contributed by atoms with Crippen LogP contribution in [0.5, 0.6) is 5.75 Å². The number of aliphatic hydroxyl groups is 3. The Bertz CT molecular complexity index is 964. The highest BCUT2D eigenvalue weighted by Gasteiger charge is 2.32. The summed E-state index contributed by atoms with van der Waals surface area (Å²) in [7, 11) is 0. The Morgan fingerprint density at radius 1 is 0.941 bits per heavy atom. The summed E-state index contributed by atoms with van der Waals surface area (Å²) in [5, 5.41) is 29.3. The molecule has 0 atom stereocenters. The summed E-state index contributed by atoms with van der Waals surface area (Å²) in [6.07, 6.45) is 9.96. The highest BCUT2D eigenvalue weighted by atomic mass is 16.5. The van der Waals surface area contributed by atoms with Crippen LogP contribution in [0.25, 0.3) is 6.08 Å². The molecule has 1 aliphatic rings. The van der Waals surface area contributed by atoms with E-state index in [4.69, 9.17) is 4.74 Å². The van der Waals surface area contributed by atoms with Crippen LogP contribution < -0.4 is 4.74 Å². The number of aliphatic hydroxyl groups excluding tert-OH is 2.